The fourth-order valence-corrected chi connectivity index (χ4v) is 1.65. The molecule has 0 saturated heterocycles. The standard InChI is InChI=1S/C13H26N4O/c1-11(2)9-18-7-5-6-14-8-13-15-10-16-17(13)12(3)4/h10-12,14H,5-9H2,1-4H3. The van der Waals surface area contributed by atoms with E-state index in [1.54, 1.807) is 6.33 Å². The van der Waals surface area contributed by atoms with Crippen LogP contribution in [-0.4, -0.2) is 34.5 Å². The average molecular weight is 254 g/mol. The second-order valence-corrected chi connectivity index (χ2v) is 5.21. The molecule has 1 rings (SSSR count). The Balaban J connectivity index is 2.09. The molecule has 1 heterocycles. The molecule has 1 N–H and O–H groups in total. The van der Waals surface area contributed by atoms with Crippen molar-refractivity contribution in [2.24, 2.45) is 5.92 Å². The topological polar surface area (TPSA) is 52.0 Å². The summed E-state index contributed by atoms with van der Waals surface area (Å²) in [5, 5.41) is 7.57. The molecular weight excluding hydrogens is 228 g/mol. The molecule has 0 spiro atoms. The van der Waals surface area contributed by atoms with Gasteiger partial charge in [0.05, 0.1) is 6.54 Å². The Labute approximate surface area is 110 Å². The molecule has 1 aromatic heterocycles. The van der Waals surface area contributed by atoms with E-state index < -0.39 is 0 Å². The highest BCUT2D eigenvalue weighted by Gasteiger charge is 2.06. The Morgan fingerprint density at radius 2 is 2.11 bits per heavy atom. The number of ether oxygens (including phenoxy) is 1. The summed E-state index contributed by atoms with van der Waals surface area (Å²) < 4.78 is 7.47. The Morgan fingerprint density at radius 1 is 1.33 bits per heavy atom. The summed E-state index contributed by atoms with van der Waals surface area (Å²) in [5.41, 5.74) is 0. The van der Waals surface area contributed by atoms with Gasteiger partial charge in [-0.1, -0.05) is 13.8 Å². The molecule has 0 aliphatic rings. The van der Waals surface area contributed by atoms with Crippen LogP contribution in [0.1, 0.15) is 46.0 Å². The Morgan fingerprint density at radius 3 is 2.78 bits per heavy atom. The van der Waals surface area contributed by atoms with Gasteiger partial charge in [-0.2, -0.15) is 5.10 Å². The predicted molar refractivity (Wildman–Crippen MR) is 72.4 cm³/mol. The van der Waals surface area contributed by atoms with E-state index in [1.165, 1.54) is 0 Å². The van der Waals surface area contributed by atoms with Crippen LogP contribution in [0, 0.1) is 5.92 Å². The van der Waals surface area contributed by atoms with Crippen LogP contribution < -0.4 is 5.32 Å². The van der Waals surface area contributed by atoms with Crippen molar-refractivity contribution in [3.63, 3.8) is 0 Å². The molecule has 0 atom stereocenters. The van der Waals surface area contributed by atoms with Crippen molar-refractivity contribution < 1.29 is 4.74 Å². The normalized spacial score (nSPS) is 11.7. The summed E-state index contributed by atoms with van der Waals surface area (Å²) >= 11 is 0. The van der Waals surface area contributed by atoms with Crippen molar-refractivity contribution in [3.05, 3.63) is 12.2 Å². The van der Waals surface area contributed by atoms with Crippen LogP contribution in [0.15, 0.2) is 6.33 Å². The molecule has 1 aromatic rings. The maximum Gasteiger partial charge on any atom is 0.141 e. The monoisotopic (exact) mass is 254 g/mol. The van der Waals surface area contributed by atoms with Gasteiger partial charge in [0, 0.05) is 19.3 Å². The lowest BCUT2D eigenvalue weighted by Gasteiger charge is -2.10. The third kappa shape index (κ3) is 5.60. The fourth-order valence-electron chi connectivity index (χ4n) is 1.65. The van der Waals surface area contributed by atoms with Gasteiger partial charge in [0.15, 0.2) is 0 Å². The van der Waals surface area contributed by atoms with E-state index in [0.717, 1.165) is 38.5 Å². The van der Waals surface area contributed by atoms with E-state index in [-0.39, 0.29) is 0 Å². The van der Waals surface area contributed by atoms with Gasteiger partial charge in [0.25, 0.3) is 0 Å². The minimum Gasteiger partial charge on any atom is -0.381 e. The Hall–Kier alpha value is -0.940. The van der Waals surface area contributed by atoms with Gasteiger partial charge in [0.2, 0.25) is 0 Å². The van der Waals surface area contributed by atoms with Crippen molar-refractivity contribution in [3.8, 4) is 0 Å². The Kier molecular flexibility index (Phi) is 6.90. The van der Waals surface area contributed by atoms with E-state index in [0.29, 0.717) is 12.0 Å². The molecule has 0 aromatic carbocycles. The van der Waals surface area contributed by atoms with Gasteiger partial charge in [-0.3, -0.25) is 0 Å². The third-order valence-corrected chi connectivity index (χ3v) is 2.51. The summed E-state index contributed by atoms with van der Waals surface area (Å²) in [6.45, 7) is 11.9. The van der Waals surface area contributed by atoms with Crippen LogP contribution in [-0.2, 0) is 11.3 Å². The zero-order valence-corrected chi connectivity index (χ0v) is 12.0. The first-order valence-electron chi connectivity index (χ1n) is 6.78. The van der Waals surface area contributed by atoms with E-state index in [9.17, 15) is 0 Å². The average Bonchev–Trinajstić information content (AvgIpc) is 2.75. The minimum absolute atomic E-state index is 0.360. The quantitative estimate of drug-likeness (QED) is 0.685. The SMILES string of the molecule is CC(C)COCCCNCc1ncnn1C(C)C. The number of nitrogens with zero attached hydrogens (tertiary/aromatic N) is 3. The number of aromatic nitrogens is 3. The molecule has 0 aliphatic heterocycles. The minimum atomic E-state index is 0.360. The second kappa shape index (κ2) is 8.21. The molecule has 0 unspecified atom stereocenters. The summed E-state index contributed by atoms with van der Waals surface area (Å²) in [6.07, 6.45) is 2.64. The van der Waals surface area contributed by atoms with E-state index >= 15 is 0 Å². The molecule has 0 bridgehead atoms. The first kappa shape index (κ1) is 15.1. The summed E-state index contributed by atoms with van der Waals surface area (Å²) in [4.78, 5) is 4.25. The number of rotatable bonds is 9. The van der Waals surface area contributed by atoms with Crippen LogP contribution in [0.3, 0.4) is 0 Å². The van der Waals surface area contributed by atoms with Gasteiger partial charge < -0.3 is 10.1 Å². The van der Waals surface area contributed by atoms with Crippen molar-refractivity contribution in [2.75, 3.05) is 19.8 Å². The molecule has 0 fully saturated rings. The molecule has 0 aliphatic carbocycles. The molecule has 0 saturated carbocycles. The zero-order valence-electron chi connectivity index (χ0n) is 12.0. The lowest BCUT2D eigenvalue weighted by molar-refractivity contribution is 0.108. The number of hydrogen-bond acceptors (Lipinski definition) is 4. The van der Waals surface area contributed by atoms with Gasteiger partial charge in [-0.05, 0) is 32.7 Å². The van der Waals surface area contributed by atoms with Crippen LogP contribution in [0.4, 0.5) is 0 Å². The summed E-state index contributed by atoms with van der Waals surface area (Å²) in [5.74, 6) is 1.61. The van der Waals surface area contributed by atoms with Crippen LogP contribution in [0.5, 0.6) is 0 Å². The third-order valence-electron chi connectivity index (χ3n) is 2.51. The first-order valence-corrected chi connectivity index (χ1v) is 6.78. The Bertz CT molecular complexity index is 323. The number of hydrogen-bond donors (Lipinski definition) is 1. The smallest absolute Gasteiger partial charge is 0.141 e. The lowest BCUT2D eigenvalue weighted by Crippen LogP contribution is -2.20. The van der Waals surface area contributed by atoms with Crippen molar-refractivity contribution in [2.45, 2.75) is 46.7 Å². The maximum absolute atomic E-state index is 5.52. The highest BCUT2D eigenvalue weighted by molar-refractivity contribution is 4.85. The predicted octanol–water partition coefficient (Wildman–Crippen LogP) is 2.01. The summed E-state index contributed by atoms with van der Waals surface area (Å²) in [7, 11) is 0. The van der Waals surface area contributed by atoms with Crippen LogP contribution >= 0.6 is 0 Å². The van der Waals surface area contributed by atoms with Crippen molar-refractivity contribution in [1.29, 1.82) is 0 Å². The van der Waals surface area contributed by atoms with E-state index in [1.807, 2.05) is 4.68 Å². The van der Waals surface area contributed by atoms with Gasteiger partial charge in [-0.15, -0.1) is 0 Å². The van der Waals surface area contributed by atoms with Gasteiger partial charge in [0.1, 0.15) is 12.2 Å². The summed E-state index contributed by atoms with van der Waals surface area (Å²) in [6, 6.07) is 0.360. The molecular formula is C13H26N4O. The van der Waals surface area contributed by atoms with Crippen LogP contribution in [0.25, 0.3) is 0 Å². The highest BCUT2D eigenvalue weighted by atomic mass is 16.5. The van der Waals surface area contributed by atoms with E-state index in [4.69, 9.17) is 4.74 Å². The van der Waals surface area contributed by atoms with Crippen LogP contribution in [0.2, 0.25) is 0 Å². The van der Waals surface area contributed by atoms with Gasteiger partial charge >= 0.3 is 0 Å². The zero-order chi connectivity index (χ0) is 13.4. The van der Waals surface area contributed by atoms with Crippen molar-refractivity contribution in [1.82, 2.24) is 20.1 Å². The lowest BCUT2D eigenvalue weighted by atomic mass is 10.2. The second-order valence-electron chi connectivity index (χ2n) is 5.21. The van der Waals surface area contributed by atoms with Gasteiger partial charge in [-0.25, -0.2) is 9.67 Å². The largest absolute Gasteiger partial charge is 0.381 e. The molecule has 0 amide bonds. The maximum atomic E-state index is 5.52. The fraction of sp³-hybridized carbons (Fsp3) is 0.846. The molecule has 5 nitrogen and oxygen atoms in total. The van der Waals surface area contributed by atoms with Crippen molar-refractivity contribution >= 4 is 0 Å². The highest BCUT2D eigenvalue weighted by Crippen LogP contribution is 2.04. The molecule has 0 radical (unpaired) electrons. The van der Waals surface area contributed by atoms with E-state index in [2.05, 4.69) is 43.1 Å². The first-order chi connectivity index (χ1) is 8.61. The molecule has 5 heteroatoms. The number of nitrogens with one attached hydrogen (secondary N) is 1. The molecule has 104 valence electrons. The molecule has 18 heavy (non-hydrogen) atoms.